The first-order valence-electron chi connectivity index (χ1n) is 6.13. The fraction of sp³-hybridized carbons (Fsp3) is 0.200. The van der Waals surface area contributed by atoms with E-state index < -0.39 is 0 Å². The van der Waals surface area contributed by atoms with Gasteiger partial charge in [-0.1, -0.05) is 39.8 Å². The Hall–Kier alpha value is -1.13. The molecule has 1 unspecified atom stereocenters. The van der Waals surface area contributed by atoms with Crippen molar-refractivity contribution >= 4 is 39.1 Å². The molecule has 1 heterocycles. The summed E-state index contributed by atoms with van der Waals surface area (Å²) in [6.07, 6.45) is 0. The van der Waals surface area contributed by atoms with Crippen LogP contribution in [0.15, 0.2) is 51.8 Å². The van der Waals surface area contributed by atoms with Gasteiger partial charge in [0.1, 0.15) is 5.37 Å². The monoisotopic (exact) mass is 334 g/mol. The van der Waals surface area contributed by atoms with Gasteiger partial charge in [0.25, 0.3) is 0 Å². The van der Waals surface area contributed by atoms with E-state index >= 15 is 0 Å². The van der Waals surface area contributed by atoms with Crippen LogP contribution in [0, 0.1) is 0 Å². The van der Waals surface area contributed by atoms with Crippen LogP contribution in [0.5, 0.6) is 0 Å². The summed E-state index contributed by atoms with van der Waals surface area (Å²) >= 11 is 5.38. The highest BCUT2D eigenvalue weighted by molar-refractivity contribution is 9.10. The van der Waals surface area contributed by atoms with Crippen LogP contribution in [-0.4, -0.2) is 14.1 Å². The van der Waals surface area contributed by atoms with Gasteiger partial charge in [0.15, 0.2) is 0 Å². The number of hydrogen-bond acceptors (Lipinski definition) is 3. The van der Waals surface area contributed by atoms with Gasteiger partial charge in [-0.05, 0) is 35.9 Å². The van der Waals surface area contributed by atoms with E-state index in [2.05, 4.69) is 82.7 Å². The number of benzene rings is 2. The summed E-state index contributed by atoms with van der Waals surface area (Å²) < 4.78 is 1.13. The number of hydrogen-bond donors (Lipinski definition) is 1. The SMILES string of the molecule is CN(C)c1ccc(C2Nc3ccc(Br)cc3S2)cc1. The molecule has 1 aliphatic heterocycles. The molecule has 2 nitrogen and oxygen atoms in total. The van der Waals surface area contributed by atoms with Gasteiger partial charge < -0.3 is 10.2 Å². The van der Waals surface area contributed by atoms with Crippen LogP contribution in [0.25, 0.3) is 0 Å². The van der Waals surface area contributed by atoms with Crippen LogP contribution < -0.4 is 10.2 Å². The number of nitrogens with zero attached hydrogens (tertiary/aromatic N) is 1. The van der Waals surface area contributed by atoms with Crippen LogP contribution in [0.3, 0.4) is 0 Å². The lowest BCUT2D eigenvalue weighted by atomic mass is 10.2. The third kappa shape index (κ3) is 2.60. The summed E-state index contributed by atoms with van der Waals surface area (Å²) in [5, 5.41) is 3.86. The quantitative estimate of drug-likeness (QED) is 0.854. The lowest BCUT2D eigenvalue weighted by molar-refractivity contribution is 1.10. The molecule has 1 aliphatic rings. The maximum absolute atomic E-state index is 3.56. The maximum Gasteiger partial charge on any atom is 0.103 e. The first kappa shape index (κ1) is 12.9. The number of nitrogens with one attached hydrogen (secondary N) is 1. The van der Waals surface area contributed by atoms with Crippen molar-refractivity contribution in [2.24, 2.45) is 0 Å². The maximum atomic E-state index is 3.56. The molecule has 2 aromatic rings. The normalized spacial score (nSPS) is 16.9. The first-order valence-corrected chi connectivity index (χ1v) is 7.81. The van der Waals surface area contributed by atoms with Crippen molar-refractivity contribution < 1.29 is 0 Å². The number of thioether (sulfide) groups is 1. The number of halogens is 1. The van der Waals surface area contributed by atoms with Gasteiger partial charge in [-0.2, -0.15) is 0 Å². The standard InChI is InChI=1S/C15H15BrN2S/c1-18(2)12-6-3-10(4-7-12)15-17-13-8-5-11(16)9-14(13)19-15/h3-9,15,17H,1-2H3. The van der Waals surface area contributed by atoms with Crippen LogP contribution >= 0.6 is 27.7 Å². The second-order valence-corrected chi connectivity index (χ2v) is 6.83. The molecule has 0 aromatic heterocycles. The fourth-order valence-electron chi connectivity index (χ4n) is 2.11. The zero-order valence-corrected chi connectivity index (χ0v) is 13.3. The van der Waals surface area contributed by atoms with Crippen molar-refractivity contribution in [2.45, 2.75) is 10.3 Å². The van der Waals surface area contributed by atoms with Gasteiger partial charge in [-0.25, -0.2) is 0 Å². The highest BCUT2D eigenvalue weighted by atomic mass is 79.9. The Morgan fingerprint density at radius 3 is 2.53 bits per heavy atom. The van der Waals surface area contributed by atoms with Crippen LogP contribution in [-0.2, 0) is 0 Å². The minimum absolute atomic E-state index is 0.306. The number of rotatable bonds is 2. The molecule has 0 saturated heterocycles. The van der Waals surface area contributed by atoms with Gasteiger partial charge in [0, 0.05) is 34.8 Å². The Balaban J connectivity index is 1.82. The van der Waals surface area contributed by atoms with E-state index in [0.717, 1.165) is 4.47 Å². The fourth-order valence-corrected chi connectivity index (χ4v) is 3.80. The average Bonchev–Trinajstić information content (AvgIpc) is 2.81. The van der Waals surface area contributed by atoms with Crippen molar-refractivity contribution in [3.63, 3.8) is 0 Å². The van der Waals surface area contributed by atoms with Gasteiger partial charge in [0.2, 0.25) is 0 Å². The van der Waals surface area contributed by atoms with Crippen molar-refractivity contribution in [3.8, 4) is 0 Å². The molecule has 19 heavy (non-hydrogen) atoms. The molecule has 0 radical (unpaired) electrons. The molecule has 0 spiro atoms. The zero-order chi connectivity index (χ0) is 13.4. The summed E-state index contributed by atoms with van der Waals surface area (Å²) in [7, 11) is 4.12. The summed E-state index contributed by atoms with van der Waals surface area (Å²) in [6, 6.07) is 15.1. The molecule has 3 rings (SSSR count). The molecule has 0 aliphatic carbocycles. The van der Waals surface area contributed by atoms with E-state index in [0.29, 0.717) is 5.37 Å². The summed E-state index contributed by atoms with van der Waals surface area (Å²) in [5.74, 6) is 0. The van der Waals surface area contributed by atoms with Gasteiger partial charge in [-0.15, -0.1) is 0 Å². The van der Waals surface area contributed by atoms with Gasteiger partial charge in [-0.3, -0.25) is 0 Å². The van der Waals surface area contributed by atoms with E-state index in [9.17, 15) is 0 Å². The van der Waals surface area contributed by atoms with Crippen LogP contribution in [0.1, 0.15) is 10.9 Å². The zero-order valence-electron chi connectivity index (χ0n) is 10.9. The van der Waals surface area contributed by atoms with Gasteiger partial charge in [0.05, 0.1) is 0 Å². The largest absolute Gasteiger partial charge is 0.378 e. The minimum atomic E-state index is 0.306. The Morgan fingerprint density at radius 1 is 1.11 bits per heavy atom. The van der Waals surface area contributed by atoms with Crippen molar-refractivity contribution in [3.05, 3.63) is 52.5 Å². The van der Waals surface area contributed by atoms with Gasteiger partial charge >= 0.3 is 0 Å². The van der Waals surface area contributed by atoms with E-state index in [4.69, 9.17) is 0 Å². The predicted molar refractivity (Wildman–Crippen MR) is 87.1 cm³/mol. The Kier molecular flexibility index (Phi) is 3.46. The topological polar surface area (TPSA) is 15.3 Å². The van der Waals surface area contributed by atoms with E-state index in [1.807, 2.05) is 11.8 Å². The molecule has 0 fully saturated rings. The van der Waals surface area contributed by atoms with Crippen molar-refractivity contribution in [2.75, 3.05) is 24.3 Å². The second kappa shape index (κ2) is 5.10. The molecular weight excluding hydrogens is 320 g/mol. The first-order chi connectivity index (χ1) is 9.13. The Morgan fingerprint density at radius 2 is 1.84 bits per heavy atom. The Labute approximate surface area is 126 Å². The minimum Gasteiger partial charge on any atom is -0.378 e. The second-order valence-electron chi connectivity index (χ2n) is 4.77. The molecule has 2 aromatic carbocycles. The average molecular weight is 335 g/mol. The molecule has 0 saturated carbocycles. The molecule has 4 heteroatoms. The lowest BCUT2D eigenvalue weighted by Crippen LogP contribution is -2.08. The van der Waals surface area contributed by atoms with Crippen LogP contribution in [0.2, 0.25) is 0 Å². The molecule has 0 bridgehead atoms. The third-order valence-corrected chi connectivity index (χ3v) is 4.90. The number of anilines is 2. The highest BCUT2D eigenvalue weighted by Gasteiger charge is 2.22. The molecule has 1 atom stereocenters. The van der Waals surface area contributed by atoms with Crippen LogP contribution in [0.4, 0.5) is 11.4 Å². The highest BCUT2D eigenvalue weighted by Crippen LogP contribution is 2.47. The predicted octanol–water partition coefficient (Wildman–Crippen LogP) is 4.73. The smallest absolute Gasteiger partial charge is 0.103 e. The lowest BCUT2D eigenvalue weighted by Gasteiger charge is -2.15. The number of fused-ring (bicyclic) bond motifs is 1. The van der Waals surface area contributed by atoms with Crippen molar-refractivity contribution in [1.29, 1.82) is 0 Å². The van der Waals surface area contributed by atoms with E-state index in [-0.39, 0.29) is 0 Å². The summed E-state index contributed by atoms with van der Waals surface area (Å²) in [4.78, 5) is 3.42. The molecule has 1 N–H and O–H groups in total. The third-order valence-electron chi connectivity index (χ3n) is 3.19. The molecule has 98 valence electrons. The molecule has 0 amide bonds. The summed E-state index contributed by atoms with van der Waals surface area (Å²) in [5.41, 5.74) is 3.75. The Bertz CT molecular complexity index is 596. The summed E-state index contributed by atoms with van der Waals surface area (Å²) in [6.45, 7) is 0. The van der Waals surface area contributed by atoms with E-state index in [1.54, 1.807) is 0 Å². The molecular formula is C15H15BrN2S. The van der Waals surface area contributed by atoms with Crippen molar-refractivity contribution in [1.82, 2.24) is 0 Å². The van der Waals surface area contributed by atoms with E-state index in [1.165, 1.54) is 21.8 Å².